The third-order valence-electron chi connectivity index (χ3n) is 3.78. The first kappa shape index (κ1) is 15.0. The molecule has 1 aromatic rings. The van der Waals surface area contributed by atoms with Crippen molar-refractivity contribution in [1.29, 1.82) is 0 Å². The van der Waals surface area contributed by atoms with Gasteiger partial charge < -0.3 is 11.1 Å². The molecule has 1 aliphatic rings. The Balaban J connectivity index is 1.92. The van der Waals surface area contributed by atoms with Crippen molar-refractivity contribution in [3.63, 3.8) is 0 Å². The van der Waals surface area contributed by atoms with Crippen molar-refractivity contribution in [2.24, 2.45) is 11.7 Å². The zero-order valence-corrected chi connectivity index (χ0v) is 12.4. The smallest absolute Gasteiger partial charge is 0.238 e. The van der Waals surface area contributed by atoms with E-state index in [0.29, 0.717) is 19.1 Å². The molecule has 1 saturated carbocycles. The van der Waals surface area contributed by atoms with E-state index in [-0.39, 0.29) is 5.91 Å². The number of nitrogens with zero attached hydrogens (tertiary/aromatic N) is 1. The number of para-hydroxylation sites is 1. The van der Waals surface area contributed by atoms with Crippen LogP contribution in [0.3, 0.4) is 0 Å². The first-order chi connectivity index (χ1) is 9.60. The lowest BCUT2D eigenvalue weighted by Crippen LogP contribution is -2.39. The van der Waals surface area contributed by atoms with E-state index in [2.05, 4.69) is 24.1 Å². The van der Waals surface area contributed by atoms with Gasteiger partial charge in [0, 0.05) is 24.8 Å². The normalized spacial score (nSPS) is 14.8. The molecule has 1 fully saturated rings. The topological polar surface area (TPSA) is 58.4 Å². The lowest BCUT2D eigenvalue weighted by Gasteiger charge is -2.25. The molecule has 0 aliphatic heterocycles. The highest BCUT2D eigenvalue weighted by molar-refractivity contribution is 5.93. The molecule has 4 nitrogen and oxygen atoms in total. The monoisotopic (exact) mass is 275 g/mol. The number of hydrogen-bond acceptors (Lipinski definition) is 3. The summed E-state index contributed by atoms with van der Waals surface area (Å²) in [6, 6.07) is 8.09. The number of amides is 1. The van der Waals surface area contributed by atoms with E-state index in [0.717, 1.165) is 23.7 Å². The second-order valence-corrected chi connectivity index (χ2v) is 5.88. The van der Waals surface area contributed by atoms with Crippen LogP contribution < -0.4 is 11.1 Å². The molecule has 2 rings (SSSR count). The van der Waals surface area contributed by atoms with Crippen LogP contribution >= 0.6 is 0 Å². The van der Waals surface area contributed by atoms with Gasteiger partial charge in [-0.15, -0.1) is 0 Å². The summed E-state index contributed by atoms with van der Waals surface area (Å²) in [4.78, 5) is 14.5. The lowest BCUT2D eigenvalue weighted by molar-refractivity contribution is -0.117. The molecule has 0 bridgehead atoms. The van der Waals surface area contributed by atoms with Gasteiger partial charge in [-0.2, -0.15) is 0 Å². The summed E-state index contributed by atoms with van der Waals surface area (Å²) in [5.74, 6) is 0.835. The molecule has 3 N–H and O–H groups in total. The Hall–Kier alpha value is -1.39. The summed E-state index contributed by atoms with van der Waals surface area (Å²) in [5.41, 5.74) is 7.49. The molecule has 0 aromatic heterocycles. The van der Waals surface area contributed by atoms with Crippen molar-refractivity contribution >= 4 is 11.6 Å². The van der Waals surface area contributed by atoms with Gasteiger partial charge in [0.2, 0.25) is 5.91 Å². The van der Waals surface area contributed by atoms with E-state index in [4.69, 9.17) is 5.73 Å². The Kier molecular flexibility index (Phi) is 5.15. The number of hydrogen-bond donors (Lipinski definition) is 2. The predicted molar refractivity (Wildman–Crippen MR) is 82.4 cm³/mol. The zero-order chi connectivity index (χ0) is 14.5. The van der Waals surface area contributed by atoms with Crippen molar-refractivity contribution in [3.8, 4) is 0 Å². The van der Waals surface area contributed by atoms with E-state index in [1.165, 1.54) is 12.8 Å². The van der Waals surface area contributed by atoms with Gasteiger partial charge in [0.15, 0.2) is 0 Å². The minimum Gasteiger partial charge on any atom is -0.326 e. The highest BCUT2D eigenvalue weighted by atomic mass is 16.2. The fourth-order valence-corrected chi connectivity index (χ4v) is 2.28. The standard InChI is InChI=1S/C16H25N3O/c1-12(2)19(10-13-7-8-13)11-16(20)18-15-6-4-3-5-14(15)9-17/h3-6,12-13H,7-11,17H2,1-2H3,(H,18,20). The van der Waals surface area contributed by atoms with Gasteiger partial charge in [-0.3, -0.25) is 9.69 Å². The van der Waals surface area contributed by atoms with Gasteiger partial charge in [-0.05, 0) is 44.2 Å². The maximum Gasteiger partial charge on any atom is 0.238 e. The number of anilines is 1. The fraction of sp³-hybridized carbons (Fsp3) is 0.562. The van der Waals surface area contributed by atoms with Crippen LogP contribution in [0.5, 0.6) is 0 Å². The van der Waals surface area contributed by atoms with E-state index in [9.17, 15) is 4.79 Å². The number of rotatable bonds is 7. The number of nitrogens with one attached hydrogen (secondary N) is 1. The minimum atomic E-state index is 0.0419. The van der Waals surface area contributed by atoms with Crippen LogP contribution in [0.4, 0.5) is 5.69 Å². The van der Waals surface area contributed by atoms with Crippen LogP contribution in [0, 0.1) is 5.92 Å². The van der Waals surface area contributed by atoms with Crippen molar-refractivity contribution in [1.82, 2.24) is 4.90 Å². The molecule has 0 spiro atoms. The SMILES string of the molecule is CC(C)N(CC(=O)Nc1ccccc1CN)CC1CC1. The minimum absolute atomic E-state index is 0.0419. The molecular formula is C16H25N3O. The zero-order valence-electron chi connectivity index (χ0n) is 12.4. The molecule has 0 heterocycles. The quantitative estimate of drug-likeness (QED) is 0.802. The molecule has 1 aliphatic carbocycles. The molecule has 0 atom stereocenters. The summed E-state index contributed by atoms with van der Waals surface area (Å²) in [5, 5.41) is 2.98. The Labute approximate surface area is 121 Å². The van der Waals surface area contributed by atoms with E-state index in [1.54, 1.807) is 0 Å². The van der Waals surface area contributed by atoms with Gasteiger partial charge in [0.1, 0.15) is 0 Å². The van der Waals surface area contributed by atoms with Crippen LogP contribution in [0.15, 0.2) is 24.3 Å². The number of carbonyl (C=O) groups excluding carboxylic acids is 1. The van der Waals surface area contributed by atoms with Crippen LogP contribution in [-0.2, 0) is 11.3 Å². The Morgan fingerprint density at radius 3 is 2.70 bits per heavy atom. The van der Waals surface area contributed by atoms with Gasteiger partial charge in [-0.1, -0.05) is 18.2 Å². The molecule has 0 unspecified atom stereocenters. The van der Waals surface area contributed by atoms with Gasteiger partial charge in [0.05, 0.1) is 6.54 Å². The van der Waals surface area contributed by atoms with Gasteiger partial charge in [-0.25, -0.2) is 0 Å². The van der Waals surface area contributed by atoms with Crippen LogP contribution in [0.25, 0.3) is 0 Å². The van der Waals surface area contributed by atoms with Gasteiger partial charge in [0.25, 0.3) is 0 Å². The Morgan fingerprint density at radius 1 is 1.40 bits per heavy atom. The second kappa shape index (κ2) is 6.86. The molecule has 0 radical (unpaired) electrons. The van der Waals surface area contributed by atoms with Crippen LogP contribution in [-0.4, -0.2) is 29.9 Å². The van der Waals surface area contributed by atoms with Crippen LogP contribution in [0.2, 0.25) is 0 Å². The molecule has 110 valence electrons. The summed E-state index contributed by atoms with van der Waals surface area (Å²) in [6.45, 7) is 6.20. The van der Waals surface area contributed by atoms with Crippen molar-refractivity contribution in [2.45, 2.75) is 39.3 Å². The third-order valence-corrected chi connectivity index (χ3v) is 3.78. The van der Waals surface area contributed by atoms with E-state index >= 15 is 0 Å². The molecule has 1 amide bonds. The lowest BCUT2D eigenvalue weighted by atomic mass is 10.2. The first-order valence-corrected chi connectivity index (χ1v) is 7.42. The maximum atomic E-state index is 12.2. The highest BCUT2D eigenvalue weighted by Crippen LogP contribution is 2.30. The Morgan fingerprint density at radius 2 is 2.10 bits per heavy atom. The Bertz CT molecular complexity index is 455. The summed E-state index contributed by atoms with van der Waals surface area (Å²) in [6.07, 6.45) is 2.61. The third kappa shape index (κ3) is 4.32. The van der Waals surface area contributed by atoms with Crippen molar-refractivity contribution < 1.29 is 4.79 Å². The summed E-state index contributed by atoms with van der Waals surface area (Å²) >= 11 is 0. The molecule has 1 aromatic carbocycles. The van der Waals surface area contributed by atoms with E-state index in [1.807, 2.05) is 24.3 Å². The summed E-state index contributed by atoms with van der Waals surface area (Å²) < 4.78 is 0. The first-order valence-electron chi connectivity index (χ1n) is 7.42. The van der Waals surface area contributed by atoms with Crippen molar-refractivity contribution in [2.75, 3.05) is 18.4 Å². The highest BCUT2D eigenvalue weighted by Gasteiger charge is 2.26. The van der Waals surface area contributed by atoms with Gasteiger partial charge >= 0.3 is 0 Å². The average molecular weight is 275 g/mol. The number of nitrogens with two attached hydrogens (primary N) is 1. The maximum absolute atomic E-state index is 12.2. The molecule has 4 heteroatoms. The summed E-state index contributed by atoms with van der Waals surface area (Å²) in [7, 11) is 0. The average Bonchev–Trinajstić information content (AvgIpc) is 3.22. The molecule has 20 heavy (non-hydrogen) atoms. The van der Waals surface area contributed by atoms with Crippen molar-refractivity contribution in [3.05, 3.63) is 29.8 Å². The fourth-order valence-electron chi connectivity index (χ4n) is 2.28. The second-order valence-electron chi connectivity index (χ2n) is 5.88. The number of benzene rings is 1. The number of carbonyl (C=O) groups is 1. The van der Waals surface area contributed by atoms with Crippen LogP contribution in [0.1, 0.15) is 32.3 Å². The largest absolute Gasteiger partial charge is 0.326 e. The molecular weight excluding hydrogens is 250 g/mol. The molecule has 0 saturated heterocycles. The van der Waals surface area contributed by atoms with E-state index < -0.39 is 0 Å². The predicted octanol–water partition coefficient (Wildman–Crippen LogP) is 2.20.